The highest BCUT2D eigenvalue weighted by Crippen LogP contribution is 2.29. The van der Waals surface area contributed by atoms with E-state index in [1.165, 1.54) is 18.4 Å². The Kier molecular flexibility index (Phi) is 6.01. The summed E-state index contributed by atoms with van der Waals surface area (Å²) in [4.78, 5) is 0. The van der Waals surface area contributed by atoms with Gasteiger partial charge in [0.2, 0.25) is 0 Å². The second-order valence-corrected chi connectivity index (χ2v) is 2.57. The number of alkyl halides is 3. The average molecular weight is 231 g/mol. The molecule has 0 bridgehead atoms. The highest BCUT2D eigenvalue weighted by molar-refractivity contribution is 5.24. The lowest BCUT2D eigenvalue weighted by molar-refractivity contribution is -0.137. The van der Waals surface area contributed by atoms with Crippen LogP contribution in [0.1, 0.15) is 25.0 Å². The third-order valence-corrected chi connectivity index (χ3v) is 1.58. The highest BCUT2D eigenvalue weighted by atomic mass is 19.4. The Morgan fingerprint density at radius 2 is 1.69 bits per heavy atom. The van der Waals surface area contributed by atoms with Gasteiger partial charge in [-0.25, -0.2) is 0 Å². The maximum Gasteiger partial charge on any atom is 0.416 e. The number of benzene rings is 1. The van der Waals surface area contributed by atoms with E-state index in [-0.39, 0.29) is 6.61 Å². The highest BCUT2D eigenvalue weighted by Gasteiger charge is 2.29. The fourth-order valence-electron chi connectivity index (χ4n) is 0.906. The first-order valence-corrected chi connectivity index (χ1v) is 4.71. The van der Waals surface area contributed by atoms with Crippen molar-refractivity contribution in [1.29, 1.82) is 5.26 Å². The quantitative estimate of drug-likeness (QED) is 0.726. The fraction of sp³-hybridized carbons (Fsp3) is 0.364. The van der Waals surface area contributed by atoms with Crippen LogP contribution in [0.4, 0.5) is 13.2 Å². The zero-order chi connectivity index (χ0) is 12.6. The van der Waals surface area contributed by atoms with Crippen LogP contribution in [-0.4, -0.2) is 0 Å². The molecule has 88 valence electrons. The number of hydrogen-bond donors (Lipinski definition) is 0. The number of rotatable bonds is 2. The molecule has 0 atom stereocenters. The second kappa shape index (κ2) is 6.72. The molecule has 2 nitrogen and oxygen atoms in total. The lowest BCUT2D eigenvalue weighted by Crippen LogP contribution is -2.04. The minimum Gasteiger partial charge on any atom is -0.423 e. The first-order valence-electron chi connectivity index (χ1n) is 4.71. The molecule has 0 saturated carbocycles. The van der Waals surface area contributed by atoms with Crippen molar-refractivity contribution >= 4 is 0 Å². The number of nitriles is 1. The zero-order valence-electron chi connectivity index (χ0n) is 9.01. The molecule has 0 aromatic heterocycles. The first kappa shape index (κ1) is 14.3. The minimum absolute atomic E-state index is 0.00532. The van der Waals surface area contributed by atoms with Crippen LogP contribution < -0.4 is 0 Å². The van der Waals surface area contributed by atoms with Crippen molar-refractivity contribution in [3.63, 3.8) is 0 Å². The molecular formula is C11H12F3NO. The summed E-state index contributed by atoms with van der Waals surface area (Å²) in [5.41, 5.74) is -0.183. The Labute approximate surface area is 92.3 Å². The molecule has 16 heavy (non-hydrogen) atoms. The van der Waals surface area contributed by atoms with Gasteiger partial charge in [0.05, 0.1) is 5.56 Å². The second-order valence-electron chi connectivity index (χ2n) is 2.57. The van der Waals surface area contributed by atoms with Crippen molar-refractivity contribution in [2.24, 2.45) is 0 Å². The van der Waals surface area contributed by atoms with Crippen LogP contribution in [0.15, 0.2) is 24.3 Å². The van der Waals surface area contributed by atoms with Gasteiger partial charge < -0.3 is 4.74 Å². The van der Waals surface area contributed by atoms with Gasteiger partial charge in [0.1, 0.15) is 6.61 Å². The predicted molar refractivity (Wildman–Crippen MR) is 53.2 cm³/mol. The van der Waals surface area contributed by atoms with Gasteiger partial charge in [-0.1, -0.05) is 26.0 Å². The van der Waals surface area contributed by atoms with Crippen LogP contribution in [-0.2, 0) is 17.5 Å². The van der Waals surface area contributed by atoms with Gasteiger partial charge in [0, 0.05) is 0 Å². The molecule has 0 aliphatic carbocycles. The van der Waals surface area contributed by atoms with E-state index in [1.807, 2.05) is 13.8 Å². The van der Waals surface area contributed by atoms with Crippen LogP contribution in [0.25, 0.3) is 0 Å². The molecule has 0 aliphatic rings. The van der Waals surface area contributed by atoms with E-state index in [4.69, 9.17) is 5.26 Å². The summed E-state index contributed by atoms with van der Waals surface area (Å²) in [5, 5.41) is 8.06. The number of ether oxygens (including phenoxy) is 1. The molecule has 0 N–H and O–H groups in total. The molecule has 0 radical (unpaired) electrons. The normalized spacial score (nSPS) is 9.75. The minimum atomic E-state index is -4.32. The van der Waals surface area contributed by atoms with Gasteiger partial charge in [0.25, 0.3) is 6.26 Å². The molecule has 1 rings (SSSR count). The summed E-state index contributed by atoms with van der Waals surface area (Å²) in [6.07, 6.45) is -2.89. The fourth-order valence-corrected chi connectivity index (χ4v) is 0.906. The molecule has 0 saturated heterocycles. The van der Waals surface area contributed by atoms with Crippen molar-refractivity contribution in [3.05, 3.63) is 35.4 Å². The van der Waals surface area contributed by atoms with Crippen LogP contribution in [0, 0.1) is 11.5 Å². The molecule has 0 amide bonds. The van der Waals surface area contributed by atoms with Crippen molar-refractivity contribution in [2.75, 3.05) is 0 Å². The summed E-state index contributed by atoms with van der Waals surface area (Å²) in [6, 6.07) is 4.46. The summed E-state index contributed by atoms with van der Waals surface area (Å²) in [5.74, 6) is 0. The Morgan fingerprint density at radius 1 is 1.19 bits per heavy atom. The molecule has 1 aromatic rings. The number of hydrogen-bond acceptors (Lipinski definition) is 2. The SMILES string of the molecule is CC.N#COCc1ccc(C(F)(F)F)cc1. The maximum absolute atomic E-state index is 12.1. The molecule has 0 aliphatic heterocycles. The predicted octanol–water partition coefficient (Wildman–Crippen LogP) is 3.73. The molecular weight excluding hydrogens is 219 g/mol. The monoisotopic (exact) mass is 231 g/mol. The number of halogens is 3. The summed E-state index contributed by atoms with van der Waals surface area (Å²) < 4.78 is 40.6. The summed E-state index contributed by atoms with van der Waals surface area (Å²) >= 11 is 0. The van der Waals surface area contributed by atoms with E-state index < -0.39 is 11.7 Å². The largest absolute Gasteiger partial charge is 0.423 e. The summed E-state index contributed by atoms with van der Waals surface area (Å²) in [6.45, 7) is 3.99. The standard InChI is InChI=1S/C9H6F3NO.C2H6/c10-9(11,12)8-3-1-7(2-4-8)5-14-6-13;1-2/h1-4H,5H2;1-2H3. The Bertz CT molecular complexity index is 338. The van der Waals surface area contributed by atoms with Crippen molar-refractivity contribution in [1.82, 2.24) is 0 Å². The van der Waals surface area contributed by atoms with E-state index in [0.29, 0.717) is 5.56 Å². The molecule has 0 fully saturated rings. The molecule has 0 spiro atoms. The Morgan fingerprint density at radius 3 is 2.06 bits per heavy atom. The lowest BCUT2D eigenvalue weighted by atomic mass is 10.1. The van der Waals surface area contributed by atoms with Crippen molar-refractivity contribution < 1.29 is 17.9 Å². The first-order chi connectivity index (χ1) is 7.54. The topological polar surface area (TPSA) is 33.0 Å². The summed E-state index contributed by atoms with van der Waals surface area (Å²) in [7, 11) is 0. The van der Waals surface area contributed by atoms with Gasteiger partial charge in [0.15, 0.2) is 0 Å². The van der Waals surface area contributed by atoms with Crippen LogP contribution >= 0.6 is 0 Å². The smallest absolute Gasteiger partial charge is 0.416 e. The van der Waals surface area contributed by atoms with E-state index in [9.17, 15) is 13.2 Å². The third kappa shape index (κ3) is 4.69. The van der Waals surface area contributed by atoms with Gasteiger partial charge >= 0.3 is 6.18 Å². The van der Waals surface area contributed by atoms with Crippen LogP contribution in [0.3, 0.4) is 0 Å². The van der Waals surface area contributed by atoms with Crippen molar-refractivity contribution in [2.45, 2.75) is 26.6 Å². The van der Waals surface area contributed by atoms with Gasteiger partial charge in [-0.05, 0) is 17.7 Å². The van der Waals surface area contributed by atoms with E-state index in [1.54, 1.807) is 0 Å². The molecule has 5 heteroatoms. The molecule has 1 aromatic carbocycles. The van der Waals surface area contributed by atoms with E-state index in [2.05, 4.69) is 4.74 Å². The van der Waals surface area contributed by atoms with Gasteiger partial charge in [-0.15, -0.1) is 0 Å². The van der Waals surface area contributed by atoms with Gasteiger partial charge in [-0.3, -0.25) is 0 Å². The Hall–Kier alpha value is -1.70. The lowest BCUT2D eigenvalue weighted by Gasteiger charge is -2.06. The third-order valence-electron chi connectivity index (χ3n) is 1.58. The number of nitrogens with zero attached hydrogens (tertiary/aromatic N) is 1. The van der Waals surface area contributed by atoms with Crippen LogP contribution in [0.5, 0.6) is 0 Å². The zero-order valence-corrected chi connectivity index (χ0v) is 9.01. The van der Waals surface area contributed by atoms with E-state index in [0.717, 1.165) is 12.1 Å². The Balaban J connectivity index is 0.00000106. The van der Waals surface area contributed by atoms with Gasteiger partial charge in [-0.2, -0.15) is 18.4 Å². The maximum atomic E-state index is 12.1. The average Bonchev–Trinajstić information content (AvgIpc) is 2.28. The molecule has 0 heterocycles. The van der Waals surface area contributed by atoms with Crippen LogP contribution in [0.2, 0.25) is 0 Å². The molecule has 0 unspecified atom stereocenters. The van der Waals surface area contributed by atoms with Crippen molar-refractivity contribution in [3.8, 4) is 6.26 Å². The van der Waals surface area contributed by atoms with E-state index >= 15 is 0 Å².